The van der Waals surface area contributed by atoms with Crippen LogP contribution in [0.15, 0.2) is 29.2 Å². The van der Waals surface area contributed by atoms with Crippen molar-refractivity contribution in [3.63, 3.8) is 0 Å². The summed E-state index contributed by atoms with van der Waals surface area (Å²) in [5.74, 6) is 2.14. The van der Waals surface area contributed by atoms with Gasteiger partial charge in [0.15, 0.2) is 0 Å². The molecule has 1 aromatic carbocycles. The Bertz CT molecular complexity index is 543. The molecule has 0 spiro atoms. The van der Waals surface area contributed by atoms with Gasteiger partial charge in [-0.25, -0.2) is 8.42 Å². The van der Waals surface area contributed by atoms with Crippen molar-refractivity contribution in [2.75, 3.05) is 24.3 Å². The van der Waals surface area contributed by atoms with E-state index in [1.807, 2.05) is 18.8 Å². The van der Waals surface area contributed by atoms with E-state index < -0.39 is 9.84 Å². The lowest BCUT2D eigenvalue weighted by atomic mass is 9.91. The van der Waals surface area contributed by atoms with Crippen molar-refractivity contribution in [1.29, 1.82) is 0 Å². The van der Waals surface area contributed by atoms with Crippen LogP contribution in [0.25, 0.3) is 0 Å². The third-order valence-electron chi connectivity index (χ3n) is 4.00. The van der Waals surface area contributed by atoms with E-state index in [0.29, 0.717) is 17.7 Å². The van der Waals surface area contributed by atoms with Crippen molar-refractivity contribution >= 4 is 21.6 Å². The summed E-state index contributed by atoms with van der Waals surface area (Å²) in [5.41, 5.74) is 1.41. The van der Waals surface area contributed by atoms with Gasteiger partial charge in [-0.1, -0.05) is 25.1 Å². The second-order valence-corrected chi connectivity index (χ2v) is 8.76. The molecule has 1 heterocycles. The summed E-state index contributed by atoms with van der Waals surface area (Å²) in [4.78, 5) is 1.37. The van der Waals surface area contributed by atoms with Crippen LogP contribution in [0.3, 0.4) is 0 Å². The van der Waals surface area contributed by atoms with Crippen LogP contribution in [0, 0.1) is 0 Å². The minimum absolute atomic E-state index is 0.249. The van der Waals surface area contributed by atoms with E-state index >= 15 is 0 Å². The number of fused-ring (bicyclic) bond motifs is 1. The molecule has 0 bridgehead atoms. The molecule has 0 saturated heterocycles. The van der Waals surface area contributed by atoms with Crippen molar-refractivity contribution in [2.45, 2.75) is 36.6 Å². The van der Waals surface area contributed by atoms with Crippen LogP contribution in [0.5, 0.6) is 0 Å². The Hall–Kier alpha value is -0.520. The monoisotopic (exact) mass is 313 g/mol. The van der Waals surface area contributed by atoms with Crippen molar-refractivity contribution in [3.05, 3.63) is 29.8 Å². The molecule has 0 aliphatic carbocycles. The minimum Gasteiger partial charge on any atom is -0.316 e. The molecular weight excluding hydrogens is 290 g/mol. The molecule has 1 aliphatic heterocycles. The molecule has 2 rings (SSSR count). The normalized spacial score (nSPS) is 19.8. The molecule has 112 valence electrons. The van der Waals surface area contributed by atoms with E-state index in [9.17, 15) is 8.42 Å². The molecule has 0 fully saturated rings. The average Bonchev–Trinajstić information content (AvgIpc) is 2.87. The molecule has 5 heteroatoms. The maximum Gasteiger partial charge on any atom is 0.150 e. The maximum absolute atomic E-state index is 11.6. The molecule has 3 nitrogen and oxygen atoms in total. The number of likely N-dealkylation sites (N-methyl/N-ethyl adjacent to an activating group) is 1. The lowest BCUT2D eigenvalue weighted by Gasteiger charge is -2.23. The zero-order valence-corrected chi connectivity index (χ0v) is 13.8. The first kappa shape index (κ1) is 15.9. The Kier molecular flexibility index (Phi) is 5.52. The van der Waals surface area contributed by atoms with Crippen molar-refractivity contribution in [3.8, 4) is 0 Å². The van der Waals surface area contributed by atoms with Crippen LogP contribution in [0.2, 0.25) is 0 Å². The van der Waals surface area contributed by atoms with Crippen LogP contribution >= 0.6 is 11.8 Å². The highest BCUT2D eigenvalue weighted by Gasteiger charge is 2.29. The first-order valence-electron chi connectivity index (χ1n) is 7.17. The Morgan fingerprint density at radius 3 is 2.85 bits per heavy atom. The SMILES string of the molecule is CCS(=O)(=O)CCCC(NC)C1CSc2ccccc21. The van der Waals surface area contributed by atoms with E-state index in [-0.39, 0.29) is 5.75 Å². The fraction of sp³-hybridized carbons (Fsp3) is 0.600. The molecule has 2 unspecified atom stereocenters. The zero-order valence-electron chi connectivity index (χ0n) is 12.1. The van der Waals surface area contributed by atoms with Gasteiger partial charge < -0.3 is 5.32 Å². The molecular formula is C15H23NO2S2. The highest BCUT2D eigenvalue weighted by atomic mass is 32.2. The van der Waals surface area contributed by atoms with Crippen LogP contribution < -0.4 is 5.32 Å². The maximum atomic E-state index is 11.6. The second kappa shape index (κ2) is 6.96. The number of benzene rings is 1. The van der Waals surface area contributed by atoms with Crippen LogP contribution in [0.4, 0.5) is 0 Å². The molecule has 0 aromatic heterocycles. The molecule has 2 atom stereocenters. The summed E-state index contributed by atoms with van der Waals surface area (Å²) in [6.45, 7) is 1.72. The summed E-state index contributed by atoms with van der Waals surface area (Å²) < 4.78 is 23.1. The highest BCUT2D eigenvalue weighted by molar-refractivity contribution is 7.99. The summed E-state index contributed by atoms with van der Waals surface area (Å²) in [5, 5.41) is 3.38. The van der Waals surface area contributed by atoms with Crippen molar-refractivity contribution < 1.29 is 8.42 Å². The quantitative estimate of drug-likeness (QED) is 0.841. The Morgan fingerprint density at radius 2 is 2.15 bits per heavy atom. The van der Waals surface area contributed by atoms with Gasteiger partial charge >= 0.3 is 0 Å². The number of nitrogens with one attached hydrogen (secondary N) is 1. The number of thioether (sulfide) groups is 1. The third-order valence-corrected chi connectivity index (χ3v) is 7.00. The molecule has 20 heavy (non-hydrogen) atoms. The first-order chi connectivity index (χ1) is 9.57. The fourth-order valence-electron chi connectivity index (χ4n) is 2.73. The summed E-state index contributed by atoms with van der Waals surface area (Å²) in [7, 11) is -0.864. The van der Waals surface area contributed by atoms with Gasteiger partial charge in [0, 0.05) is 28.4 Å². The van der Waals surface area contributed by atoms with Gasteiger partial charge in [0.1, 0.15) is 9.84 Å². The Morgan fingerprint density at radius 1 is 1.40 bits per heavy atom. The van der Waals surface area contributed by atoms with E-state index in [4.69, 9.17) is 0 Å². The summed E-state index contributed by atoms with van der Waals surface area (Å²) in [6, 6.07) is 8.90. The van der Waals surface area contributed by atoms with Gasteiger partial charge in [0.05, 0.1) is 5.75 Å². The van der Waals surface area contributed by atoms with Gasteiger partial charge in [-0.2, -0.15) is 0 Å². The van der Waals surface area contributed by atoms with Crippen molar-refractivity contribution in [1.82, 2.24) is 5.32 Å². The Balaban J connectivity index is 1.97. The number of hydrogen-bond acceptors (Lipinski definition) is 4. The fourth-order valence-corrected chi connectivity index (χ4v) is 4.96. The molecule has 0 saturated carbocycles. The van der Waals surface area contributed by atoms with Gasteiger partial charge in [0.2, 0.25) is 0 Å². The van der Waals surface area contributed by atoms with Crippen LogP contribution in [-0.2, 0) is 9.84 Å². The molecule has 1 aliphatic rings. The summed E-state index contributed by atoms with van der Waals surface area (Å²) in [6.07, 6.45) is 1.65. The zero-order chi connectivity index (χ0) is 14.6. The highest BCUT2D eigenvalue weighted by Crippen LogP contribution is 2.41. The molecule has 1 N–H and O–H groups in total. The largest absolute Gasteiger partial charge is 0.316 e. The van der Waals surface area contributed by atoms with Crippen LogP contribution in [0.1, 0.15) is 31.2 Å². The Labute approximate surface area is 126 Å². The lowest BCUT2D eigenvalue weighted by Crippen LogP contribution is -2.32. The summed E-state index contributed by atoms with van der Waals surface area (Å²) >= 11 is 1.90. The first-order valence-corrected chi connectivity index (χ1v) is 9.97. The van der Waals surface area contributed by atoms with Gasteiger partial charge in [-0.05, 0) is 31.5 Å². The standard InChI is InChI=1S/C15H23NO2S2/c1-3-20(17,18)10-6-8-14(16-2)13-11-19-15-9-5-4-7-12(13)15/h4-5,7,9,13-14,16H,3,6,8,10-11H2,1-2H3. The second-order valence-electron chi connectivity index (χ2n) is 5.23. The van der Waals surface area contributed by atoms with Gasteiger partial charge in [0.25, 0.3) is 0 Å². The number of hydrogen-bond donors (Lipinski definition) is 1. The molecule has 0 amide bonds. The lowest BCUT2D eigenvalue weighted by molar-refractivity contribution is 0.455. The predicted octanol–water partition coefficient (Wildman–Crippen LogP) is 2.68. The van der Waals surface area contributed by atoms with E-state index in [0.717, 1.165) is 18.6 Å². The van der Waals surface area contributed by atoms with Gasteiger partial charge in [-0.3, -0.25) is 0 Å². The van der Waals surface area contributed by atoms with E-state index in [1.54, 1.807) is 6.92 Å². The topological polar surface area (TPSA) is 46.2 Å². The van der Waals surface area contributed by atoms with Crippen LogP contribution in [-0.4, -0.2) is 38.8 Å². The molecule has 0 radical (unpaired) electrons. The molecule has 1 aromatic rings. The van der Waals surface area contributed by atoms with Gasteiger partial charge in [-0.15, -0.1) is 11.8 Å². The van der Waals surface area contributed by atoms with E-state index in [1.165, 1.54) is 10.5 Å². The number of rotatable bonds is 7. The third kappa shape index (κ3) is 3.77. The number of sulfone groups is 1. The smallest absolute Gasteiger partial charge is 0.150 e. The predicted molar refractivity (Wildman–Crippen MR) is 86.3 cm³/mol. The minimum atomic E-state index is -2.84. The average molecular weight is 313 g/mol. The van der Waals surface area contributed by atoms with E-state index in [2.05, 4.69) is 29.6 Å². The van der Waals surface area contributed by atoms with Crippen molar-refractivity contribution in [2.24, 2.45) is 0 Å².